The third-order valence-corrected chi connectivity index (χ3v) is 3.10. The molecule has 0 aliphatic carbocycles. The van der Waals surface area contributed by atoms with Crippen molar-refractivity contribution in [2.24, 2.45) is 5.92 Å². The fourth-order valence-corrected chi connectivity index (χ4v) is 2.23. The summed E-state index contributed by atoms with van der Waals surface area (Å²) < 4.78 is 0. The number of carbonyl (C=O) groups is 1. The van der Waals surface area contributed by atoms with Crippen LogP contribution in [-0.2, 0) is 4.79 Å². The second-order valence-electron chi connectivity index (χ2n) is 4.24. The molecule has 1 aliphatic rings. The molecule has 1 aromatic heterocycles. The molecule has 2 atom stereocenters. The van der Waals surface area contributed by atoms with E-state index >= 15 is 0 Å². The number of aliphatic carboxylic acids is 1. The zero-order valence-corrected chi connectivity index (χ0v) is 9.50. The Hall–Kier alpha value is -2.09. The Bertz CT molecular complexity index is 481. The number of aromatic nitrogens is 1. The molecule has 0 radical (unpaired) electrons. The Morgan fingerprint density at radius 3 is 3.06 bits per heavy atom. The molecular weight excluding hydrogens is 218 g/mol. The van der Waals surface area contributed by atoms with Crippen molar-refractivity contribution in [1.29, 1.82) is 5.26 Å². The van der Waals surface area contributed by atoms with Crippen molar-refractivity contribution in [3.8, 4) is 6.07 Å². The van der Waals surface area contributed by atoms with Gasteiger partial charge in [0.1, 0.15) is 23.6 Å². The lowest BCUT2D eigenvalue weighted by Gasteiger charge is -2.24. The maximum Gasteiger partial charge on any atom is 0.326 e. The number of hydrogen-bond donors (Lipinski definition) is 1. The van der Waals surface area contributed by atoms with Gasteiger partial charge in [-0.05, 0) is 24.5 Å². The number of rotatable bonds is 2. The molecule has 1 fully saturated rings. The van der Waals surface area contributed by atoms with Crippen LogP contribution in [0.25, 0.3) is 0 Å². The van der Waals surface area contributed by atoms with Crippen LogP contribution in [0.3, 0.4) is 0 Å². The molecule has 1 aromatic rings. The predicted molar refractivity (Wildman–Crippen MR) is 61.5 cm³/mol. The smallest absolute Gasteiger partial charge is 0.326 e. The van der Waals surface area contributed by atoms with Crippen LogP contribution >= 0.6 is 0 Å². The van der Waals surface area contributed by atoms with Gasteiger partial charge in [0.15, 0.2) is 0 Å². The first-order chi connectivity index (χ1) is 8.13. The third-order valence-electron chi connectivity index (χ3n) is 3.10. The van der Waals surface area contributed by atoms with Gasteiger partial charge in [0.05, 0.1) is 0 Å². The van der Waals surface area contributed by atoms with Crippen LogP contribution in [-0.4, -0.2) is 28.6 Å². The monoisotopic (exact) mass is 231 g/mol. The summed E-state index contributed by atoms with van der Waals surface area (Å²) >= 11 is 0. The number of carboxylic acid groups (broad SMARTS) is 1. The molecule has 5 heteroatoms. The Morgan fingerprint density at radius 1 is 1.65 bits per heavy atom. The molecule has 2 rings (SSSR count). The van der Waals surface area contributed by atoms with Gasteiger partial charge >= 0.3 is 5.97 Å². The van der Waals surface area contributed by atoms with Gasteiger partial charge in [0.25, 0.3) is 0 Å². The summed E-state index contributed by atoms with van der Waals surface area (Å²) in [6.45, 7) is 2.59. The number of pyridine rings is 1. The van der Waals surface area contributed by atoms with Crippen molar-refractivity contribution in [2.45, 2.75) is 19.4 Å². The molecule has 88 valence electrons. The molecule has 0 spiro atoms. The van der Waals surface area contributed by atoms with Gasteiger partial charge in [-0.1, -0.05) is 13.0 Å². The fourth-order valence-electron chi connectivity index (χ4n) is 2.23. The molecule has 5 nitrogen and oxygen atoms in total. The second-order valence-corrected chi connectivity index (χ2v) is 4.24. The van der Waals surface area contributed by atoms with Gasteiger partial charge in [-0.15, -0.1) is 0 Å². The first-order valence-corrected chi connectivity index (χ1v) is 5.50. The van der Waals surface area contributed by atoms with E-state index in [1.807, 2.05) is 13.0 Å². The normalized spacial score (nSPS) is 23.4. The van der Waals surface area contributed by atoms with Crippen LogP contribution in [0.2, 0.25) is 0 Å². The highest BCUT2D eigenvalue weighted by Gasteiger charge is 2.37. The van der Waals surface area contributed by atoms with Gasteiger partial charge in [-0.2, -0.15) is 5.26 Å². The lowest BCUT2D eigenvalue weighted by molar-refractivity contribution is -0.139. The quantitative estimate of drug-likeness (QED) is 0.828. The van der Waals surface area contributed by atoms with E-state index in [1.54, 1.807) is 23.1 Å². The molecule has 17 heavy (non-hydrogen) atoms. The van der Waals surface area contributed by atoms with Crippen molar-refractivity contribution in [2.75, 3.05) is 11.4 Å². The highest BCUT2D eigenvalue weighted by Crippen LogP contribution is 2.28. The maximum absolute atomic E-state index is 11.2. The Morgan fingerprint density at radius 2 is 2.41 bits per heavy atom. The zero-order valence-electron chi connectivity index (χ0n) is 9.50. The molecule has 1 saturated heterocycles. The largest absolute Gasteiger partial charge is 0.480 e. The SMILES string of the molecule is CC1CCN(c2cccc(C#N)n2)C1C(=O)O. The van der Waals surface area contributed by atoms with Gasteiger partial charge in [-0.3, -0.25) is 0 Å². The first kappa shape index (κ1) is 11.4. The molecule has 0 aromatic carbocycles. The summed E-state index contributed by atoms with van der Waals surface area (Å²) in [6, 6.07) is 6.50. The van der Waals surface area contributed by atoms with E-state index in [0.717, 1.165) is 6.42 Å². The lowest BCUT2D eigenvalue weighted by atomic mass is 10.0. The van der Waals surface area contributed by atoms with E-state index in [9.17, 15) is 9.90 Å². The van der Waals surface area contributed by atoms with Crippen LogP contribution in [0.15, 0.2) is 18.2 Å². The summed E-state index contributed by atoms with van der Waals surface area (Å²) in [5, 5.41) is 18.0. The van der Waals surface area contributed by atoms with Gasteiger partial charge in [0, 0.05) is 6.54 Å². The van der Waals surface area contributed by atoms with Crippen molar-refractivity contribution in [3.63, 3.8) is 0 Å². The van der Waals surface area contributed by atoms with Crippen molar-refractivity contribution < 1.29 is 9.90 Å². The summed E-state index contributed by atoms with van der Waals surface area (Å²) in [6.07, 6.45) is 0.829. The van der Waals surface area contributed by atoms with Crippen molar-refractivity contribution in [3.05, 3.63) is 23.9 Å². The van der Waals surface area contributed by atoms with Crippen LogP contribution < -0.4 is 4.90 Å². The van der Waals surface area contributed by atoms with Gasteiger partial charge < -0.3 is 10.0 Å². The standard InChI is InChI=1S/C12H13N3O2/c1-8-5-6-15(11(8)12(16)17)10-4-2-3-9(7-13)14-10/h2-4,8,11H,5-6H2,1H3,(H,16,17). The second kappa shape index (κ2) is 4.42. The average molecular weight is 231 g/mol. The number of carboxylic acids is 1. The zero-order chi connectivity index (χ0) is 12.4. The van der Waals surface area contributed by atoms with Crippen molar-refractivity contribution >= 4 is 11.8 Å². The minimum atomic E-state index is -0.834. The third kappa shape index (κ3) is 2.07. The van der Waals surface area contributed by atoms with E-state index in [2.05, 4.69) is 4.98 Å². The summed E-state index contributed by atoms with van der Waals surface area (Å²) in [5.41, 5.74) is 0.311. The topological polar surface area (TPSA) is 77.2 Å². The molecule has 0 bridgehead atoms. The summed E-state index contributed by atoms with van der Waals surface area (Å²) in [5.74, 6) is -0.167. The van der Waals surface area contributed by atoms with E-state index in [4.69, 9.17) is 5.26 Å². The Kier molecular flexibility index (Phi) is 2.96. The fraction of sp³-hybridized carbons (Fsp3) is 0.417. The van der Waals surface area contributed by atoms with Gasteiger partial charge in [0.2, 0.25) is 0 Å². The summed E-state index contributed by atoms with van der Waals surface area (Å²) in [7, 11) is 0. The summed E-state index contributed by atoms with van der Waals surface area (Å²) in [4.78, 5) is 17.1. The van der Waals surface area contributed by atoms with Gasteiger partial charge in [-0.25, -0.2) is 9.78 Å². The highest BCUT2D eigenvalue weighted by atomic mass is 16.4. The number of hydrogen-bond acceptors (Lipinski definition) is 4. The van der Waals surface area contributed by atoms with Crippen LogP contribution in [0.1, 0.15) is 19.0 Å². The number of anilines is 1. The molecule has 2 unspecified atom stereocenters. The molecular formula is C12H13N3O2. The Balaban J connectivity index is 2.33. The molecule has 1 aliphatic heterocycles. The maximum atomic E-state index is 11.2. The van der Waals surface area contributed by atoms with Crippen LogP contribution in [0.5, 0.6) is 0 Å². The molecule has 1 N–H and O–H groups in total. The number of nitrogens with zero attached hydrogens (tertiary/aromatic N) is 3. The number of nitriles is 1. The highest BCUT2D eigenvalue weighted by molar-refractivity contribution is 5.79. The van der Waals surface area contributed by atoms with E-state index in [1.165, 1.54) is 0 Å². The molecule has 0 saturated carbocycles. The van der Waals surface area contributed by atoms with Crippen LogP contribution in [0.4, 0.5) is 5.82 Å². The van der Waals surface area contributed by atoms with E-state index in [0.29, 0.717) is 18.1 Å². The van der Waals surface area contributed by atoms with E-state index < -0.39 is 12.0 Å². The van der Waals surface area contributed by atoms with Crippen LogP contribution in [0, 0.1) is 17.2 Å². The molecule has 0 amide bonds. The van der Waals surface area contributed by atoms with E-state index in [-0.39, 0.29) is 5.92 Å². The molecule has 2 heterocycles. The minimum absolute atomic E-state index is 0.0973. The minimum Gasteiger partial charge on any atom is -0.480 e. The predicted octanol–water partition coefficient (Wildman–Crippen LogP) is 1.25. The van der Waals surface area contributed by atoms with Crippen molar-refractivity contribution in [1.82, 2.24) is 4.98 Å². The lowest BCUT2D eigenvalue weighted by Crippen LogP contribution is -2.39. The first-order valence-electron chi connectivity index (χ1n) is 5.50. The average Bonchev–Trinajstić information content (AvgIpc) is 2.71. The Labute approximate surface area is 99.3 Å².